The topological polar surface area (TPSA) is 88.2 Å². The number of nitrogens with zero attached hydrogens (tertiary/aromatic N) is 1. The Balaban J connectivity index is 2.22. The number of hydrogen-bond donors (Lipinski definition) is 2. The summed E-state index contributed by atoms with van der Waals surface area (Å²) < 4.78 is 0. The van der Waals surface area contributed by atoms with Crippen LogP contribution in [-0.4, -0.2) is 23.1 Å². The Morgan fingerprint density at radius 1 is 1.20 bits per heavy atom. The van der Waals surface area contributed by atoms with Crippen molar-refractivity contribution in [2.24, 2.45) is 0 Å². The number of rotatable bonds is 4. The standard InChI is InChI=1S/C13H11N3O3S/c1-8(18)14-13-16-11(10(7-17)20-13)12(19)15-9-5-3-2-4-6-9/h2-7H,1H3,(H,15,19)(H,14,16,18). The Kier molecular flexibility index (Phi) is 4.21. The molecule has 0 aliphatic rings. The number of amides is 2. The van der Waals surface area contributed by atoms with Gasteiger partial charge in [0.1, 0.15) is 4.88 Å². The highest BCUT2D eigenvalue weighted by Gasteiger charge is 2.18. The molecule has 6 nitrogen and oxygen atoms in total. The molecule has 0 unspecified atom stereocenters. The fourth-order valence-electron chi connectivity index (χ4n) is 1.49. The second-order valence-corrected chi connectivity index (χ2v) is 4.88. The lowest BCUT2D eigenvalue weighted by molar-refractivity contribution is -0.114. The fraction of sp³-hybridized carbons (Fsp3) is 0.0769. The van der Waals surface area contributed by atoms with E-state index < -0.39 is 5.91 Å². The van der Waals surface area contributed by atoms with Crippen molar-refractivity contribution in [3.8, 4) is 0 Å². The van der Waals surface area contributed by atoms with Gasteiger partial charge >= 0.3 is 0 Å². The highest BCUT2D eigenvalue weighted by molar-refractivity contribution is 7.17. The molecule has 2 rings (SSSR count). The molecule has 2 N–H and O–H groups in total. The summed E-state index contributed by atoms with van der Waals surface area (Å²) in [6.07, 6.45) is 0.545. The summed E-state index contributed by atoms with van der Waals surface area (Å²) in [6, 6.07) is 8.82. The molecule has 20 heavy (non-hydrogen) atoms. The molecule has 2 aromatic rings. The molecule has 1 aromatic carbocycles. The first-order valence-corrected chi connectivity index (χ1v) is 6.52. The van der Waals surface area contributed by atoms with Gasteiger partial charge in [0, 0.05) is 12.6 Å². The van der Waals surface area contributed by atoms with Crippen molar-refractivity contribution in [1.29, 1.82) is 0 Å². The smallest absolute Gasteiger partial charge is 0.275 e. The van der Waals surface area contributed by atoms with E-state index in [9.17, 15) is 14.4 Å². The monoisotopic (exact) mass is 289 g/mol. The molecule has 0 aliphatic heterocycles. The van der Waals surface area contributed by atoms with Crippen LogP contribution in [0.2, 0.25) is 0 Å². The van der Waals surface area contributed by atoms with Gasteiger partial charge in [0.2, 0.25) is 5.91 Å². The van der Waals surface area contributed by atoms with Crippen LogP contribution in [0.1, 0.15) is 27.1 Å². The third-order valence-electron chi connectivity index (χ3n) is 2.29. The number of carbonyl (C=O) groups excluding carboxylic acids is 3. The van der Waals surface area contributed by atoms with Crippen molar-refractivity contribution in [1.82, 2.24) is 4.98 Å². The van der Waals surface area contributed by atoms with Gasteiger partial charge in [-0.15, -0.1) is 0 Å². The van der Waals surface area contributed by atoms with Crippen LogP contribution >= 0.6 is 11.3 Å². The van der Waals surface area contributed by atoms with Crippen LogP contribution < -0.4 is 10.6 Å². The van der Waals surface area contributed by atoms with E-state index in [4.69, 9.17) is 0 Å². The number of aromatic nitrogens is 1. The van der Waals surface area contributed by atoms with Crippen molar-refractivity contribution in [2.45, 2.75) is 6.92 Å². The predicted molar refractivity (Wildman–Crippen MR) is 76.2 cm³/mol. The fourth-order valence-corrected chi connectivity index (χ4v) is 2.31. The Hall–Kier alpha value is -2.54. The summed E-state index contributed by atoms with van der Waals surface area (Å²) in [6.45, 7) is 1.33. The normalized spacial score (nSPS) is 9.85. The van der Waals surface area contributed by atoms with E-state index in [0.717, 1.165) is 11.3 Å². The molecule has 0 radical (unpaired) electrons. The molecule has 102 valence electrons. The Bertz CT molecular complexity index is 652. The third-order valence-corrected chi connectivity index (χ3v) is 3.19. The van der Waals surface area contributed by atoms with Crippen LogP contribution in [0.25, 0.3) is 0 Å². The van der Waals surface area contributed by atoms with Gasteiger partial charge in [-0.2, -0.15) is 0 Å². The van der Waals surface area contributed by atoms with Gasteiger partial charge in [0.25, 0.3) is 5.91 Å². The first-order valence-electron chi connectivity index (χ1n) is 5.70. The summed E-state index contributed by atoms with van der Waals surface area (Å²) in [7, 11) is 0. The summed E-state index contributed by atoms with van der Waals surface area (Å²) in [4.78, 5) is 38.1. The van der Waals surface area contributed by atoms with E-state index in [1.54, 1.807) is 24.3 Å². The van der Waals surface area contributed by atoms with Crippen LogP contribution in [0, 0.1) is 0 Å². The van der Waals surface area contributed by atoms with Crippen LogP contribution in [-0.2, 0) is 4.79 Å². The lowest BCUT2D eigenvalue weighted by Crippen LogP contribution is -2.14. The minimum atomic E-state index is -0.494. The molecular weight excluding hydrogens is 278 g/mol. The van der Waals surface area contributed by atoms with E-state index in [-0.39, 0.29) is 21.6 Å². The minimum absolute atomic E-state index is 0.00222. The third kappa shape index (κ3) is 3.27. The van der Waals surface area contributed by atoms with Gasteiger partial charge in [-0.1, -0.05) is 29.5 Å². The van der Waals surface area contributed by atoms with Crippen molar-refractivity contribution in [3.05, 3.63) is 40.9 Å². The SMILES string of the molecule is CC(=O)Nc1nc(C(=O)Nc2ccccc2)c(C=O)s1. The first kappa shape index (κ1) is 13.9. The second kappa shape index (κ2) is 6.07. The van der Waals surface area contributed by atoms with Crippen molar-refractivity contribution < 1.29 is 14.4 Å². The zero-order chi connectivity index (χ0) is 14.5. The average molecular weight is 289 g/mol. The van der Waals surface area contributed by atoms with Crippen molar-refractivity contribution in [2.75, 3.05) is 10.6 Å². The van der Waals surface area contributed by atoms with Gasteiger partial charge in [0.05, 0.1) is 0 Å². The number of hydrogen-bond acceptors (Lipinski definition) is 5. The summed E-state index contributed by atoms with van der Waals surface area (Å²) in [5.74, 6) is -0.808. The molecule has 1 heterocycles. The molecule has 0 saturated carbocycles. The first-order chi connectivity index (χ1) is 9.60. The van der Waals surface area contributed by atoms with Crippen molar-refractivity contribution >= 4 is 40.3 Å². The van der Waals surface area contributed by atoms with E-state index in [1.807, 2.05) is 6.07 Å². The summed E-state index contributed by atoms with van der Waals surface area (Å²) >= 11 is 0.955. The van der Waals surface area contributed by atoms with Gasteiger partial charge < -0.3 is 10.6 Å². The molecule has 7 heteroatoms. The number of carbonyl (C=O) groups is 3. The molecule has 0 fully saturated rings. The molecule has 2 amide bonds. The maximum absolute atomic E-state index is 12.1. The van der Waals surface area contributed by atoms with Gasteiger partial charge in [-0.3, -0.25) is 14.4 Å². The van der Waals surface area contributed by atoms with Gasteiger partial charge in [-0.25, -0.2) is 4.98 Å². The van der Waals surface area contributed by atoms with Gasteiger partial charge in [0.15, 0.2) is 17.1 Å². The summed E-state index contributed by atoms with van der Waals surface area (Å²) in [5.41, 5.74) is 0.598. The lowest BCUT2D eigenvalue weighted by atomic mass is 10.3. The average Bonchev–Trinajstić information content (AvgIpc) is 2.82. The van der Waals surface area contributed by atoms with E-state index in [0.29, 0.717) is 12.0 Å². The number of para-hydroxylation sites is 1. The molecule has 1 aromatic heterocycles. The molecule has 0 atom stereocenters. The van der Waals surface area contributed by atoms with Crippen LogP contribution in [0.4, 0.5) is 10.8 Å². The van der Waals surface area contributed by atoms with E-state index in [1.165, 1.54) is 6.92 Å². The van der Waals surface area contributed by atoms with Crippen molar-refractivity contribution in [3.63, 3.8) is 0 Å². The summed E-state index contributed by atoms with van der Waals surface area (Å²) in [5, 5.41) is 5.30. The molecule has 0 aliphatic carbocycles. The molecule has 0 bridgehead atoms. The Labute approximate surface area is 118 Å². The van der Waals surface area contributed by atoms with Gasteiger partial charge in [-0.05, 0) is 12.1 Å². The quantitative estimate of drug-likeness (QED) is 0.844. The minimum Gasteiger partial charge on any atom is -0.321 e. The number of aldehydes is 1. The maximum atomic E-state index is 12.1. The molecular formula is C13H11N3O3S. The zero-order valence-corrected chi connectivity index (χ0v) is 11.4. The lowest BCUT2D eigenvalue weighted by Gasteiger charge is -2.02. The number of benzene rings is 1. The zero-order valence-electron chi connectivity index (χ0n) is 10.5. The number of nitrogens with one attached hydrogen (secondary N) is 2. The maximum Gasteiger partial charge on any atom is 0.275 e. The molecule has 0 saturated heterocycles. The van der Waals surface area contributed by atoms with E-state index >= 15 is 0 Å². The predicted octanol–water partition coefficient (Wildman–Crippen LogP) is 2.17. The largest absolute Gasteiger partial charge is 0.321 e. The molecule has 0 spiro atoms. The second-order valence-electron chi connectivity index (χ2n) is 3.85. The highest BCUT2D eigenvalue weighted by Crippen LogP contribution is 2.22. The van der Waals surface area contributed by atoms with Crippen LogP contribution in [0.5, 0.6) is 0 Å². The Morgan fingerprint density at radius 2 is 1.90 bits per heavy atom. The van der Waals surface area contributed by atoms with Crippen LogP contribution in [0.3, 0.4) is 0 Å². The number of thiazole rings is 1. The number of anilines is 2. The highest BCUT2D eigenvalue weighted by atomic mass is 32.1. The van der Waals surface area contributed by atoms with Crippen LogP contribution in [0.15, 0.2) is 30.3 Å². The van der Waals surface area contributed by atoms with E-state index in [2.05, 4.69) is 15.6 Å². The Morgan fingerprint density at radius 3 is 2.50 bits per heavy atom.